The number of anilines is 1. The maximum Gasteiger partial charge on any atom is 0.412 e. The molecule has 7 nitrogen and oxygen atoms in total. The van der Waals surface area contributed by atoms with E-state index in [-0.39, 0.29) is 0 Å². The number of esters is 1. The lowest BCUT2D eigenvalue weighted by atomic mass is 10.2. The molecule has 0 aromatic carbocycles. The number of methoxy groups -OCH3 is 1. The molecule has 0 unspecified atom stereocenters. The second-order valence-corrected chi connectivity index (χ2v) is 6.37. The number of thiophene rings is 1. The molecular formula is C14H17N3O4S. The van der Waals surface area contributed by atoms with E-state index in [2.05, 4.69) is 15.2 Å². The van der Waals surface area contributed by atoms with Crippen LogP contribution in [0.4, 0.5) is 10.5 Å². The summed E-state index contributed by atoms with van der Waals surface area (Å²) >= 11 is 1.26. The molecule has 0 aliphatic rings. The fourth-order valence-electron chi connectivity index (χ4n) is 1.60. The van der Waals surface area contributed by atoms with Crippen LogP contribution in [0.2, 0.25) is 0 Å². The van der Waals surface area contributed by atoms with Crippen LogP contribution in [0.1, 0.15) is 30.4 Å². The Morgan fingerprint density at radius 1 is 1.36 bits per heavy atom. The van der Waals surface area contributed by atoms with Gasteiger partial charge in [-0.15, -0.1) is 11.3 Å². The van der Waals surface area contributed by atoms with E-state index < -0.39 is 17.7 Å². The molecule has 1 amide bonds. The van der Waals surface area contributed by atoms with Gasteiger partial charge in [0, 0.05) is 5.38 Å². The Morgan fingerprint density at radius 2 is 2.09 bits per heavy atom. The van der Waals surface area contributed by atoms with Crippen LogP contribution in [-0.4, -0.2) is 34.6 Å². The van der Waals surface area contributed by atoms with Crippen LogP contribution in [0, 0.1) is 0 Å². The second-order valence-electron chi connectivity index (χ2n) is 5.46. The molecule has 22 heavy (non-hydrogen) atoms. The summed E-state index contributed by atoms with van der Waals surface area (Å²) in [7, 11) is 1.33. The lowest BCUT2D eigenvalue weighted by Gasteiger charge is -2.19. The van der Waals surface area contributed by atoms with E-state index in [9.17, 15) is 9.59 Å². The van der Waals surface area contributed by atoms with E-state index in [0.29, 0.717) is 16.3 Å². The molecule has 2 heterocycles. The molecule has 0 fully saturated rings. The third kappa shape index (κ3) is 4.08. The van der Waals surface area contributed by atoms with Crippen molar-refractivity contribution in [3.05, 3.63) is 28.7 Å². The Hall–Kier alpha value is -2.35. The zero-order chi connectivity index (χ0) is 16.3. The molecule has 0 saturated heterocycles. The minimum absolute atomic E-state index is 0.393. The topological polar surface area (TPSA) is 82.5 Å². The summed E-state index contributed by atoms with van der Waals surface area (Å²) in [5.41, 5.74) is 0.644. The molecular weight excluding hydrogens is 306 g/mol. The Balaban J connectivity index is 2.07. The van der Waals surface area contributed by atoms with Crippen LogP contribution in [-0.2, 0) is 9.47 Å². The quantitative estimate of drug-likeness (QED) is 0.878. The summed E-state index contributed by atoms with van der Waals surface area (Å²) in [6.07, 6.45) is 2.58. The number of amides is 1. The van der Waals surface area contributed by atoms with Gasteiger partial charge in [-0.25, -0.2) is 14.3 Å². The zero-order valence-corrected chi connectivity index (χ0v) is 13.6. The molecule has 118 valence electrons. The standard InChI is InChI=1S/C14H17N3O4S/c1-14(2,3)21-13(19)16-9-6-15-17(7-9)10-5-11(22-8-10)12(18)20-4/h5-8H,1-4H3,(H,16,19). The Morgan fingerprint density at radius 3 is 2.73 bits per heavy atom. The normalized spacial score (nSPS) is 11.1. The first-order chi connectivity index (χ1) is 10.3. The number of nitrogens with zero attached hydrogens (tertiary/aromatic N) is 2. The van der Waals surface area contributed by atoms with Gasteiger partial charge in [-0.3, -0.25) is 5.32 Å². The van der Waals surface area contributed by atoms with E-state index in [0.717, 1.165) is 0 Å². The van der Waals surface area contributed by atoms with Gasteiger partial charge in [0.05, 0.1) is 30.9 Å². The first-order valence-corrected chi connectivity index (χ1v) is 7.38. The van der Waals surface area contributed by atoms with Gasteiger partial charge in [-0.05, 0) is 26.8 Å². The van der Waals surface area contributed by atoms with Crippen LogP contribution in [0.15, 0.2) is 23.8 Å². The number of ether oxygens (including phenoxy) is 2. The van der Waals surface area contributed by atoms with E-state index >= 15 is 0 Å². The van der Waals surface area contributed by atoms with Crippen LogP contribution in [0.3, 0.4) is 0 Å². The fourth-order valence-corrected chi connectivity index (χ4v) is 2.40. The highest BCUT2D eigenvalue weighted by Gasteiger charge is 2.17. The second kappa shape index (κ2) is 6.18. The van der Waals surface area contributed by atoms with E-state index in [1.807, 2.05) is 0 Å². The third-order valence-electron chi connectivity index (χ3n) is 2.46. The van der Waals surface area contributed by atoms with Crippen molar-refractivity contribution in [2.45, 2.75) is 26.4 Å². The minimum atomic E-state index is -0.567. The van der Waals surface area contributed by atoms with E-state index in [4.69, 9.17) is 4.74 Å². The summed E-state index contributed by atoms with van der Waals surface area (Å²) < 4.78 is 11.4. The van der Waals surface area contributed by atoms with Crippen molar-refractivity contribution in [1.29, 1.82) is 0 Å². The number of nitrogens with one attached hydrogen (secondary N) is 1. The van der Waals surface area contributed by atoms with E-state index in [1.165, 1.54) is 24.6 Å². The molecule has 0 aliphatic heterocycles. The van der Waals surface area contributed by atoms with Crippen LogP contribution in [0.5, 0.6) is 0 Å². The van der Waals surface area contributed by atoms with Crippen molar-refractivity contribution < 1.29 is 19.1 Å². The molecule has 2 aromatic heterocycles. The highest BCUT2D eigenvalue weighted by molar-refractivity contribution is 7.12. The van der Waals surface area contributed by atoms with Gasteiger partial charge in [-0.1, -0.05) is 0 Å². The third-order valence-corrected chi connectivity index (χ3v) is 3.36. The monoisotopic (exact) mass is 323 g/mol. The number of hydrogen-bond donors (Lipinski definition) is 1. The van der Waals surface area contributed by atoms with Crippen molar-refractivity contribution >= 4 is 29.1 Å². The number of rotatable bonds is 3. The lowest BCUT2D eigenvalue weighted by Crippen LogP contribution is -2.27. The maximum atomic E-state index is 11.7. The number of carbonyl (C=O) groups is 2. The molecule has 0 bridgehead atoms. The highest BCUT2D eigenvalue weighted by atomic mass is 32.1. The zero-order valence-electron chi connectivity index (χ0n) is 12.7. The molecule has 1 N–H and O–H groups in total. The lowest BCUT2D eigenvalue weighted by molar-refractivity contribution is 0.0603. The SMILES string of the molecule is COC(=O)c1cc(-n2cc(NC(=O)OC(C)(C)C)cn2)cs1. The molecule has 0 aliphatic carbocycles. The van der Waals surface area contributed by atoms with Crippen molar-refractivity contribution in [1.82, 2.24) is 9.78 Å². The molecule has 2 rings (SSSR count). The molecule has 0 atom stereocenters. The number of aromatic nitrogens is 2. The highest BCUT2D eigenvalue weighted by Crippen LogP contribution is 2.20. The Labute approximate surface area is 131 Å². The number of carbonyl (C=O) groups excluding carboxylic acids is 2. The molecule has 0 saturated carbocycles. The van der Waals surface area contributed by atoms with Gasteiger partial charge in [-0.2, -0.15) is 5.10 Å². The van der Waals surface area contributed by atoms with Gasteiger partial charge in [0.25, 0.3) is 0 Å². The molecule has 0 radical (unpaired) electrons. The molecule has 8 heteroatoms. The smallest absolute Gasteiger partial charge is 0.412 e. The van der Waals surface area contributed by atoms with Crippen LogP contribution >= 0.6 is 11.3 Å². The summed E-state index contributed by atoms with van der Waals surface area (Å²) in [6, 6.07) is 1.67. The average molecular weight is 323 g/mol. The van der Waals surface area contributed by atoms with Gasteiger partial charge in [0.2, 0.25) is 0 Å². The summed E-state index contributed by atoms with van der Waals surface area (Å²) in [5, 5.41) is 8.51. The van der Waals surface area contributed by atoms with Gasteiger partial charge in [0.1, 0.15) is 10.5 Å². The van der Waals surface area contributed by atoms with Crippen molar-refractivity contribution in [2.75, 3.05) is 12.4 Å². The molecule has 0 spiro atoms. The van der Waals surface area contributed by atoms with Crippen molar-refractivity contribution in [3.63, 3.8) is 0 Å². The predicted molar refractivity (Wildman–Crippen MR) is 82.6 cm³/mol. The van der Waals surface area contributed by atoms with Gasteiger partial charge >= 0.3 is 12.1 Å². The maximum absolute atomic E-state index is 11.7. The minimum Gasteiger partial charge on any atom is -0.465 e. The Bertz CT molecular complexity index is 684. The summed E-state index contributed by atoms with van der Waals surface area (Å²) in [4.78, 5) is 23.6. The van der Waals surface area contributed by atoms with Crippen molar-refractivity contribution in [3.8, 4) is 5.69 Å². The summed E-state index contributed by atoms with van der Waals surface area (Å²) in [6.45, 7) is 5.36. The van der Waals surface area contributed by atoms with Gasteiger partial charge < -0.3 is 9.47 Å². The summed E-state index contributed by atoms with van der Waals surface area (Å²) in [5.74, 6) is -0.393. The fraction of sp³-hybridized carbons (Fsp3) is 0.357. The number of hydrogen-bond acceptors (Lipinski definition) is 6. The Kier molecular flexibility index (Phi) is 4.51. The van der Waals surface area contributed by atoms with Gasteiger partial charge in [0.15, 0.2) is 0 Å². The van der Waals surface area contributed by atoms with Crippen molar-refractivity contribution in [2.24, 2.45) is 0 Å². The predicted octanol–water partition coefficient (Wildman–Crippen LogP) is 3.07. The van der Waals surface area contributed by atoms with E-state index in [1.54, 1.807) is 43.1 Å². The first-order valence-electron chi connectivity index (χ1n) is 6.50. The average Bonchev–Trinajstić information content (AvgIpc) is 3.03. The first kappa shape index (κ1) is 16.0. The molecule has 2 aromatic rings. The van der Waals surface area contributed by atoms with Crippen LogP contribution < -0.4 is 5.32 Å². The van der Waals surface area contributed by atoms with Crippen LogP contribution in [0.25, 0.3) is 5.69 Å². The largest absolute Gasteiger partial charge is 0.465 e.